The lowest BCUT2D eigenvalue weighted by atomic mass is 10.1. The molecule has 21 heavy (non-hydrogen) atoms. The van der Waals surface area contributed by atoms with Crippen LogP contribution in [0.1, 0.15) is 5.56 Å². The molecule has 110 valence electrons. The molecule has 0 aliphatic rings. The van der Waals surface area contributed by atoms with Crippen molar-refractivity contribution in [3.63, 3.8) is 0 Å². The summed E-state index contributed by atoms with van der Waals surface area (Å²) in [5, 5.41) is 0.460. The summed E-state index contributed by atoms with van der Waals surface area (Å²) >= 11 is 1.70. The van der Waals surface area contributed by atoms with Crippen LogP contribution >= 0.6 is 11.8 Å². The van der Waals surface area contributed by atoms with Crippen LogP contribution in [0.5, 0.6) is 0 Å². The van der Waals surface area contributed by atoms with E-state index < -0.39 is 8.07 Å². The average Bonchev–Trinajstić information content (AvgIpc) is 2.47. The molecule has 0 N–H and O–H groups in total. The van der Waals surface area contributed by atoms with Gasteiger partial charge in [0.15, 0.2) is 0 Å². The zero-order valence-electron chi connectivity index (χ0n) is 12.9. The summed E-state index contributed by atoms with van der Waals surface area (Å²) in [6.45, 7) is 6.41. The standard InChI is InChI=1S/C18H22OSSi/c1-21(2,3)18(19)17(14-15-10-6-4-7-11-15)20-16-12-8-5-9-13-16/h4-13,17H,14H2,1-3H3/t17-/m0/s1. The van der Waals surface area contributed by atoms with Gasteiger partial charge in [0, 0.05) is 4.90 Å². The van der Waals surface area contributed by atoms with Crippen LogP contribution < -0.4 is 0 Å². The van der Waals surface area contributed by atoms with Crippen LogP contribution in [0, 0.1) is 0 Å². The minimum atomic E-state index is -1.79. The van der Waals surface area contributed by atoms with Gasteiger partial charge in [-0.15, -0.1) is 11.8 Å². The SMILES string of the molecule is C[Si](C)(C)C(=O)[C@H](Cc1ccccc1)Sc1ccccc1. The molecular weight excluding hydrogens is 292 g/mol. The van der Waals surface area contributed by atoms with Gasteiger partial charge in [0.25, 0.3) is 0 Å². The Hall–Kier alpha value is -1.32. The molecular formula is C18H22OSSi. The maximum Gasteiger partial charge on any atom is 0.125 e. The van der Waals surface area contributed by atoms with Crippen LogP contribution in [-0.2, 0) is 11.2 Å². The Morgan fingerprint density at radius 2 is 1.48 bits per heavy atom. The second-order valence-corrected chi connectivity index (χ2v) is 12.5. The zero-order chi connectivity index (χ0) is 15.3. The Balaban J connectivity index is 2.20. The highest BCUT2D eigenvalue weighted by Crippen LogP contribution is 2.28. The topological polar surface area (TPSA) is 17.1 Å². The first-order chi connectivity index (χ1) is 9.97. The summed E-state index contributed by atoms with van der Waals surface area (Å²) < 4.78 is 0. The number of carbonyl (C=O) groups excluding carboxylic acids is 1. The molecule has 0 aliphatic carbocycles. The third kappa shape index (κ3) is 4.86. The average molecular weight is 315 g/mol. The van der Waals surface area contributed by atoms with Gasteiger partial charge in [-0.2, -0.15) is 0 Å². The Kier molecular flexibility index (Phi) is 5.43. The van der Waals surface area contributed by atoms with Crippen LogP contribution in [-0.4, -0.2) is 18.7 Å². The van der Waals surface area contributed by atoms with E-state index >= 15 is 0 Å². The number of carbonyl (C=O) groups is 1. The molecule has 2 aromatic rings. The van der Waals surface area contributed by atoms with Crippen LogP contribution in [0.2, 0.25) is 19.6 Å². The van der Waals surface area contributed by atoms with Gasteiger partial charge in [-0.3, -0.25) is 0 Å². The largest absolute Gasteiger partial charge is 0.304 e. The fourth-order valence-electron chi connectivity index (χ4n) is 2.16. The van der Waals surface area contributed by atoms with E-state index in [0.717, 1.165) is 6.42 Å². The maximum absolute atomic E-state index is 12.8. The number of hydrogen-bond donors (Lipinski definition) is 0. The lowest BCUT2D eigenvalue weighted by molar-refractivity contribution is -0.112. The van der Waals surface area contributed by atoms with Gasteiger partial charge < -0.3 is 4.79 Å². The molecule has 0 fully saturated rings. The highest BCUT2D eigenvalue weighted by Gasteiger charge is 2.32. The number of hydrogen-bond acceptors (Lipinski definition) is 2. The predicted molar refractivity (Wildman–Crippen MR) is 94.6 cm³/mol. The van der Waals surface area contributed by atoms with E-state index in [1.165, 1.54) is 10.5 Å². The second kappa shape index (κ2) is 7.10. The van der Waals surface area contributed by atoms with Gasteiger partial charge in [-0.05, 0) is 24.1 Å². The molecule has 0 unspecified atom stereocenters. The van der Waals surface area contributed by atoms with Crippen molar-refractivity contribution in [1.82, 2.24) is 0 Å². The molecule has 1 atom stereocenters. The van der Waals surface area contributed by atoms with Gasteiger partial charge >= 0.3 is 0 Å². The smallest absolute Gasteiger partial charge is 0.125 e. The summed E-state index contributed by atoms with van der Waals surface area (Å²) in [6.07, 6.45) is 0.809. The van der Waals surface area contributed by atoms with E-state index in [0.29, 0.717) is 5.41 Å². The summed E-state index contributed by atoms with van der Waals surface area (Å²) in [7, 11) is -1.79. The van der Waals surface area contributed by atoms with E-state index in [-0.39, 0.29) is 5.25 Å². The molecule has 3 heteroatoms. The number of thioether (sulfide) groups is 1. The lowest BCUT2D eigenvalue weighted by Gasteiger charge is -2.23. The van der Waals surface area contributed by atoms with Gasteiger partial charge in [0.1, 0.15) is 13.5 Å². The third-order valence-electron chi connectivity index (χ3n) is 3.32. The van der Waals surface area contributed by atoms with Gasteiger partial charge in [-0.1, -0.05) is 68.2 Å². The third-order valence-corrected chi connectivity index (χ3v) is 6.56. The van der Waals surface area contributed by atoms with Crippen molar-refractivity contribution in [2.45, 2.75) is 36.2 Å². The van der Waals surface area contributed by atoms with Crippen molar-refractivity contribution in [3.05, 3.63) is 66.2 Å². The van der Waals surface area contributed by atoms with Crippen molar-refractivity contribution < 1.29 is 4.79 Å². The van der Waals surface area contributed by atoms with Crippen LogP contribution in [0.3, 0.4) is 0 Å². The molecule has 0 aliphatic heterocycles. The lowest BCUT2D eigenvalue weighted by Crippen LogP contribution is -2.41. The van der Waals surface area contributed by atoms with Gasteiger partial charge in [0.05, 0.1) is 5.25 Å². The molecule has 0 amide bonds. The molecule has 0 saturated heterocycles. The molecule has 0 spiro atoms. The van der Waals surface area contributed by atoms with Gasteiger partial charge in [0.2, 0.25) is 0 Å². The first kappa shape index (κ1) is 16.1. The van der Waals surface area contributed by atoms with Crippen molar-refractivity contribution >= 4 is 25.2 Å². The molecule has 2 aromatic carbocycles. The highest BCUT2D eigenvalue weighted by molar-refractivity contribution is 8.01. The van der Waals surface area contributed by atoms with E-state index in [2.05, 4.69) is 43.9 Å². The molecule has 0 bridgehead atoms. The molecule has 0 saturated carbocycles. The minimum Gasteiger partial charge on any atom is -0.304 e. The van der Waals surface area contributed by atoms with Crippen molar-refractivity contribution in [2.75, 3.05) is 0 Å². The van der Waals surface area contributed by atoms with Crippen molar-refractivity contribution in [1.29, 1.82) is 0 Å². The molecule has 0 aromatic heterocycles. The van der Waals surface area contributed by atoms with Crippen molar-refractivity contribution in [3.8, 4) is 0 Å². The number of rotatable bonds is 6. The molecule has 2 rings (SSSR count). The molecule has 0 radical (unpaired) electrons. The minimum absolute atomic E-state index is 0.0152. The Labute approximate surface area is 132 Å². The first-order valence-corrected chi connectivity index (χ1v) is 11.6. The van der Waals surface area contributed by atoms with E-state index in [9.17, 15) is 4.79 Å². The Bertz CT molecular complexity index is 534. The van der Waals surface area contributed by atoms with Crippen LogP contribution in [0.15, 0.2) is 65.6 Å². The number of benzene rings is 2. The quantitative estimate of drug-likeness (QED) is 0.561. The van der Waals surface area contributed by atoms with E-state index in [1.54, 1.807) is 11.8 Å². The Morgan fingerprint density at radius 1 is 0.952 bits per heavy atom. The van der Waals surface area contributed by atoms with E-state index in [1.807, 2.05) is 36.4 Å². The summed E-state index contributed by atoms with van der Waals surface area (Å²) in [4.78, 5) is 14.0. The summed E-state index contributed by atoms with van der Waals surface area (Å²) in [5.41, 5.74) is 1.23. The molecule has 1 nitrogen and oxygen atoms in total. The zero-order valence-corrected chi connectivity index (χ0v) is 14.7. The van der Waals surface area contributed by atoms with Crippen LogP contribution in [0.25, 0.3) is 0 Å². The maximum atomic E-state index is 12.8. The second-order valence-electron chi connectivity index (χ2n) is 6.22. The fourth-order valence-corrected chi connectivity index (χ4v) is 5.49. The van der Waals surface area contributed by atoms with Crippen molar-refractivity contribution in [2.24, 2.45) is 0 Å². The molecule has 0 heterocycles. The Morgan fingerprint density at radius 3 is 2.00 bits per heavy atom. The normalized spacial score (nSPS) is 12.9. The van der Waals surface area contributed by atoms with Crippen LogP contribution in [0.4, 0.5) is 0 Å². The summed E-state index contributed by atoms with van der Waals surface area (Å²) in [5.74, 6) is 0. The summed E-state index contributed by atoms with van der Waals surface area (Å²) in [6, 6.07) is 20.5. The van der Waals surface area contributed by atoms with E-state index in [4.69, 9.17) is 0 Å². The van der Waals surface area contributed by atoms with Gasteiger partial charge in [-0.25, -0.2) is 0 Å². The highest BCUT2D eigenvalue weighted by atomic mass is 32.2. The monoisotopic (exact) mass is 314 g/mol. The predicted octanol–water partition coefficient (Wildman–Crippen LogP) is 4.84. The first-order valence-electron chi connectivity index (χ1n) is 7.27. The fraction of sp³-hybridized carbons (Fsp3) is 0.278.